The number of nitrogens with two attached hydrogens (primary N) is 1. The lowest BCUT2D eigenvalue weighted by atomic mass is 10.3. The summed E-state index contributed by atoms with van der Waals surface area (Å²) in [4.78, 5) is 19.2. The summed E-state index contributed by atoms with van der Waals surface area (Å²) in [6, 6.07) is 3.83. The van der Waals surface area contributed by atoms with E-state index in [0.29, 0.717) is 24.0 Å². The van der Waals surface area contributed by atoms with Gasteiger partial charge in [-0.2, -0.15) is 4.98 Å². The van der Waals surface area contributed by atoms with Gasteiger partial charge in [0.25, 0.3) is 0 Å². The quantitative estimate of drug-likeness (QED) is 0.740. The van der Waals surface area contributed by atoms with Crippen molar-refractivity contribution >= 4 is 5.91 Å². The van der Waals surface area contributed by atoms with Gasteiger partial charge in [-0.25, -0.2) is 4.98 Å². The number of aryl methyl sites for hydroxylation is 1. The van der Waals surface area contributed by atoms with E-state index in [0.717, 1.165) is 18.6 Å². The molecule has 0 saturated carbocycles. The summed E-state index contributed by atoms with van der Waals surface area (Å²) >= 11 is 0. The Kier molecular flexibility index (Phi) is 3.73. The van der Waals surface area contributed by atoms with Crippen LogP contribution in [0.25, 0.3) is 11.6 Å². The van der Waals surface area contributed by atoms with Gasteiger partial charge in [-0.05, 0) is 18.6 Å². The van der Waals surface area contributed by atoms with Crippen molar-refractivity contribution in [3.63, 3.8) is 0 Å². The van der Waals surface area contributed by atoms with E-state index in [-0.39, 0.29) is 5.89 Å². The van der Waals surface area contributed by atoms with E-state index in [9.17, 15) is 4.79 Å². The van der Waals surface area contributed by atoms with Crippen molar-refractivity contribution < 1.29 is 13.7 Å². The Labute approximate surface area is 125 Å². The third kappa shape index (κ3) is 2.76. The molecule has 0 fully saturated rings. The lowest BCUT2D eigenvalue weighted by molar-refractivity contribution is 0.0958. The fraction of sp³-hybridized carbons (Fsp3) is 0.286. The summed E-state index contributed by atoms with van der Waals surface area (Å²) in [7, 11) is 0. The molecule has 8 nitrogen and oxygen atoms in total. The van der Waals surface area contributed by atoms with Crippen molar-refractivity contribution in [1.29, 1.82) is 0 Å². The first-order valence-electron chi connectivity index (χ1n) is 6.90. The highest BCUT2D eigenvalue weighted by molar-refractivity contribution is 5.87. The Morgan fingerprint density at radius 1 is 1.41 bits per heavy atom. The number of carbonyl (C=O) groups excluding carboxylic acids is 1. The summed E-state index contributed by atoms with van der Waals surface area (Å²) in [5.74, 6) is 1.63. The maximum atomic E-state index is 11.0. The van der Waals surface area contributed by atoms with Gasteiger partial charge in [0.2, 0.25) is 0 Å². The largest absolute Gasteiger partial charge is 0.458 e. The average molecular weight is 301 g/mol. The number of hydrogen-bond acceptors (Lipinski definition) is 6. The minimum absolute atomic E-state index is 0.208. The molecule has 114 valence electrons. The molecule has 1 amide bonds. The molecule has 3 aromatic heterocycles. The minimum Gasteiger partial charge on any atom is -0.458 e. The Morgan fingerprint density at radius 3 is 3.00 bits per heavy atom. The first-order chi connectivity index (χ1) is 10.7. The van der Waals surface area contributed by atoms with Crippen molar-refractivity contribution in [3.8, 4) is 11.6 Å². The predicted octanol–water partition coefficient (Wildman–Crippen LogP) is 1.63. The normalized spacial score (nSPS) is 11.0. The minimum atomic E-state index is -0.750. The molecule has 0 bridgehead atoms. The van der Waals surface area contributed by atoms with Crippen LogP contribution in [0.15, 0.2) is 33.5 Å². The maximum absolute atomic E-state index is 11.0. The van der Waals surface area contributed by atoms with E-state index >= 15 is 0 Å². The van der Waals surface area contributed by atoms with E-state index in [1.807, 2.05) is 16.7 Å². The lowest BCUT2D eigenvalue weighted by Crippen LogP contribution is -2.11. The Bertz CT molecular complexity index is 786. The molecule has 0 atom stereocenters. The van der Waals surface area contributed by atoms with Gasteiger partial charge in [-0.1, -0.05) is 12.1 Å². The fourth-order valence-electron chi connectivity index (χ4n) is 2.11. The molecule has 22 heavy (non-hydrogen) atoms. The highest BCUT2D eigenvalue weighted by atomic mass is 16.5. The predicted molar refractivity (Wildman–Crippen MR) is 75.8 cm³/mol. The summed E-state index contributed by atoms with van der Waals surface area (Å²) < 4.78 is 12.3. The standard InChI is InChI=1S/C14H15N5O3/c1-2-3-9-4-5-10(21-9)13-16-6-7-19(13)8-11-17-14(12(15)20)22-18-11/h4-7H,2-3,8H2,1H3,(H2,15,20). The van der Waals surface area contributed by atoms with Crippen LogP contribution < -0.4 is 5.73 Å². The smallest absolute Gasteiger partial charge is 0.315 e. The van der Waals surface area contributed by atoms with Crippen molar-refractivity contribution in [2.45, 2.75) is 26.3 Å². The molecule has 3 aromatic rings. The Balaban J connectivity index is 1.83. The Morgan fingerprint density at radius 2 is 2.27 bits per heavy atom. The van der Waals surface area contributed by atoms with Gasteiger partial charge in [-0.15, -0.1) is 0 Å². The van der Waals surface area contributed by atoms with Gasteiger partial charge in [0, 0.05) is 18.8 Å². The maximum Gasteiger partial charge on any atom is 0.315 e. The van der Waals surface area contributed by atoms with Crippen LogP contribution in [0.5, 0.6) is 0 Å². The zero-order chi connectivity index (χ0) is 15.5. The van der Waals surface area contributed by atoms with Crippen LogP contribution >= 0.6 is 0 Å². The molecule has 0 aliphatic carbocycles. The molecule has 3 heterocycles. The van der Waals surface area contributed by atoms with Crippen LogP contribution in [-0.2, 0) is 13.0 Å². The molecule has 0 radical (unpaired) electrons. The molecule has 0 aromatic carbocycles. The van der Waals surface area contributed by atoms with E-state index in [4.69, 9.17) is 14.7 Å². The summed E-state index contributed by atoms with van der Waals surface area (Å²) in [5, 5.41) is 3.72. The van der Waals surface area contributed by atoms with Gasteiger partial charge in [-0.3, -0.25) is 4.79 Å². The van der Waals surface area contributed by atoms with Crippen LogP contribution in [0.4, 0.5) is 0 Å². The number of rotatable bonds is 6. The second-order valence-electron chi connectivity index (χ2n) is 4.77. The molecule has 3 rings (SSSR count). The molecule has 0 spiro atoms. The second kappa shape index (κ2) is 5.84. The zero-order valence-corrected chi connectivity index (χ0v) is 12.0. The summed E-state index contributed by atoms with van der Waals surface area (Å²) in [6.07, 6.45) is 5.33. The summed E-state index contributed by atoms with van der Waals surface area (Å²) in [6.45, 7) is 2.39. The number of imidazole rings is 1. The number of primary amides is 1. The van der Waals surface area contributed by atoms with Crippen molar-refractivity contribution in [1.82, 2.24) is 19.7 Å². The first-order valence-corrected chi connectivity index (χ1v) is 6.90. The third-order valence-electron chi connectivity index (χ3n) is 3.08. The topological polar surface area (TPSA) is 113 Å². The van der Waals surface area contributed by atoms with Gasteiger partial charge in [0.15, 0.2) is 17.4 Å². The van der Waals surface area contributed by atoms with Gasteiger partial charge in [0.05, 0.1) is 6.54 Å². The molecular formula is C14H15N5O3. The van der Waals surface area contributed by atoms with Gasteiger partial charge in [0.1, 0.15) is 5.76 Å². The summed E-state index contributed by atoms with van der Waals surface area (Å²) in [5.41, 5.74) is 5.08. The monoisotopic (exact) mass is 301 g/mol. The van der Waals surface area contributed by atoms with Crippen LogP contribution in [-0.4, -0.2) is 25.6 Å². The molecule has 0 unspecified atom stereocenters. The van der Waals surface area contributed by atoms with Crippen LogP contribution in [0, 0.1) is 0 Å². The number of furan rings is 1. The third-order valence-corrected chi connectivity index (χ3v) is 3.08. The van der Waals surface area contributed by atoms with E-state index in [1.54, 1.807) is 12.4 Å². The average Bonchev–Trinajstić information content (AvgIpc) is 3.19. The van der Waals surface area contributed by atoms with Gasteiger partial charge >= 0.3 is 11.8 Å². The fourth-order valence-corrected chi connectivity index (χ4v) is 2.11. The molecule has 0 aliphatic rings. The van der Waals surface area contributed by atoms with Crippen molar-refractivity contribution in [2.75, 3.05) is 0 Å². The lowest BCUT2D eigenvalue weighted by Gasteiger charge is -2.02. The second-order valence-corrected chi connectivity index (χ2v) is 4.77. The SMILES string of the molecule is CCCc1ccc(-c2nccn2Cc2noc(C(N)=O)n2)o1. The highest BCUT2D eigenvalue weighted by Crippen LogP contribution is 2.22. The van der Waals surface area contributed by atoms with E-state index in [1.165, 1.54) is 0 Å². The van der Waals surface area contributed by atoms with Crippen LogP contribution in [0.3, 0.4) is 0 Å². The van der Waals surface area contributed by atoms with Gasteiger partial charge < -0.3 is 19.2 Å². The van der Waals surface area contributed by atoms with E-state index in [2.05, 4.69) is 22.0 Å². The molecule has 0 aliphatic heterocycles. The first kappa shape index (κ1) is 14.1. The van der Waals surface area contributed by atoms with Crippen LogP contribution in [0.1, 0.15) is 35.6 Å². The zero-order valence-electron chi connectivity index (χ0n) is 12.0. The number of nitrogens with zero attached hydrogens (tertiary/aromatic N) is 4. The number of carbonyl (C=O) groups is 1. The highest BCUT2D eigenvalue weighted by Gasteiger charge is 2.15. The number of amides is 1. The molecular weight excluding hydrogens is 286 g/mol. The number of aromatic nitrogens is 4. The Hall–Kier alpha value is -2.90. The van der Waals surface area contributed by atoms with Crippen LogP contribution in [0.2, 0.25) is 0 Å². The van der Waals surface area contributed by atoms with E-state index < -0.39 is 5.91 Å². The molecule has 8 heteroatoms. The number of hydrogen-bond donors (Lipinski definition) is 1. The van der Waals surface area contributed by atoms with Crippen molar-refractivity contribution in [2.24, 2.45) is 5.73 Å². The molecule has 0 saturated heterocycles. The van der Waals surface area contributed by atoms with Crippen molar-refractivity contribution in [3.05, 3.63) is 42.0 Å². The molecule has 2 N–H and O–H groups in total.